The van der Waals surface area contributed by atoms with Gasteiger partial charge in [0.2, 0.25) is 11.8 Å². The van der Waals surface area contributed by atoms with Gasteiger partial charge in [-0.2, -0.15) is 0 Å². The fourth-order valence-corrected chi connectivity index (χ4v) is 5.77. The Bertz CT molecular complexity index is 1270. The number of amides is 3. The van der Waals surface area contributed by atoms with Crippen molar-refractivity contribution in [2.45, 2.75) is 51.1 Å². The Kier molecular flexibility index (Phi) is 9.03. The van der Waals surface area contributed by atoms with Crippen molar-refractivity contribution in [3.8, 4) is 0 Å². The van der Waals surface area contributed by atoms with Gasteiger partial charge in [0.25, 0.3) is 15.9 Å². The van der Waals surface area contributed by atoms with Gasteiger partial charge in [-0.3, -0.25) is 14.4 Å². The molecule has 8 nitrogen and oxygen atoms in total. The van der Waals surface area contributed by atoms with Crippen molar-refractivity contribution in [2.24, 2.45) is 5.92 Å². The molecule has 0 saturated heterocycles. The second-order valence-electron chi connectivity index (χ2n) is 9.07. The standard InChI is InChI=1S/C25H29Cl2N3O5S/c1-16(2)14-28-24(32)17(3)29(15-18-10-11-20(26)21(27)13-18)23(31)9-6-12-30-25(33)19-7-4-5-8-22(19)36(30,34)35/h4-5,7-8,10-11,13,16-17H,6,9,12,14-15H2,1-3H3,(H,28,32)/t17-/m1/s1. The maximum atomic E-state index is 13.3. The Balaban J connectivity index is 1.72. The molecule has 2 aromatic carbocycles. The Morgan fingerprint density at radius 3 is 2.39 bits per heavy atom. The number of carbonyl (C=O) groups excluding carboxylic acids is 3. The van der Waals surface area contributed by atoms with E-state index in [2.05, 4.69) is 5.32 Å². The molecular weight excluding hydrogens is 525 g/mol. The van der Waals surface area contributed by atoms with E-state index >= 15 is 0 Å². The molecule has 1 heterocycles. The summed E-state index contributed by atoms with van der Waals surface area (Å²) in [5.74, 6) is -1.02. The summed E-state index contributed by atoms with van der Waals surface area (Å²) in [5, 5.41) is 3.54. The van der Waals surface area contributed by atoms with Crippen molar-refractivity contribution in [3.63, 3.8) is 0 Å². The number of sulfonamides is 1. The van der Waals surface area contributed by atoms with Crippen LogP contribution in [0.15, 0.2) is 47.4 Å². The number of hydrogen-bond acceptors (Lipinski definition) is 5. The van der Waals surface area contributed by atoms with Crippen LogP contribution in [0.2, 0.25) is 10.0 Å². The molecule has 2 aromatic rings. The van der Waals surface area contributed by atoms with Crippen molar-refractivity contribution >= 4 is 50.9 Å². The summed E-state index contributed by atoms with van der Waals surface area (Å²) >= 11 is 12.1. The van der Waals surface area contributed by atoms with Crippen LogP contribution in [0.5, 0.6) is 0 Å². The molecule has 0 aliphatic carbocycles. The number of nitrogens with one attached hydrogen (secondary N) is 1. The number of benzene rings is 2. The van der Waals surface area contributed by atoms with E-state index in [0.29, 0.717) is 22.2 Å². The van der Waals surface area contributed by atoms with Gasteiger partial charge >= 0.3 is 0 Å². The molecule has 1 atom stereocenters. The minimum Gasteiger partial charge on any atom is -0.354 e. The quantitative estimate of drug-likeness (QED) is 0.476. The first kappa shape index (κ1) is 28.0. The fourth-order valence-electron chi connectivity index (χ4n) is 3.84. The lowest BCUT2D eigenvalue weighted by Gasteiger charge is -2.29. The maximum absolute atomic E-state index is 13.3. The van der Waals surface area contributed by atoms with E-state index in [1.165, 1.54) is 17.0 Å². The van der Waals surface area contributed by atoms with Gasteiger partial charge < -0.3 is 10.2 Å². The van der Waals surface area contributed by atoms with E-state index in [1.54, 1.807) is 37.3 Å². The predicted molar refractivity (Wildman–Crippen MR) is 138 cm³/mol. The van der Waals surface area contributed by atoms with E-state index in [1.807, 2.05) is 13.8 Å². The molecule has 0 aromatic heterocycles. The number of hydrogen-bond donors (Lipinski definition) is 1. The van der Waals surface area contributed by atoms with Crippen LogP contribution in [0.4, 0.5) is 0 Å². The molecule has 0 bridgehead atoms. The van der Waals surface area contributed by atoms with E-state index in [-0.39, 0.29) is 54.1 Å². The number of nitrogens with zero attached hydrogens (tertiary/aromatic N) is 2. The number of carbonyl (C=O) groups is 3. The molecule has 0 spiro atoms. The molecule has 194 valence electrons. The summed E-state index contributed by atoms with van der Waals surface area (Å²) in [6, 6.07) is 10.2. The highest BCUT2D eigenvalue weighted by Gasteiger charge is 2.40. The fraction of sp³-hybridized carbons (Fsp3) is 0.400. The van der Waals surface area contributed by atoms with E-state index in [9.17, 15) is 22.8 Å². The highest BCUT2D eigenvalue weighted by Crippen LogP contribution is 2.30. The lowest BCUT2D eigenvalue weighted by molar-refractivity contribution is -0.140. The summed E-state index contributed by atoms with van der Waals surface area (Å²) in [7, 11) is -3.95. The highest BCUT2D eigenvalue weighted by molar-refractivity contribution is 7.90. The largest absolute Gasteiger partial charge is 0.354 e. The van der Waals surface area contributed by atoms with E-state index in [4.69, 9.17) is 23.2 Å². The van der Waals surface area contributed by atoms with Crippen LogP contribution in [0.3, 0.4) is 0 Å². The van der Waals surface area contributed by atoms with Gasteiger partial charge in [0, 0.05) is 26.1 Å². The van der Waals surface area contributed by atoms with Gasteiger partial charge in [0.1, 0.15) is 10.9 Å². The van der Waals surface area contributed by atoms with Crippen molar-refractivity contribution in [1.29, 1.82) is 0 Å². The van der Waals surface area contributed by atoms with Crippen molar-refractivity contribution in [2.75, 3.05) is 13.1 Å². The average Bonchev–Trinajstić information content (AvgIpc) is 3.03. The summed E-state index contributed by atoms with van der Waals surface area (Å²) < 4.78 is 26.3. The van der Waals surface area contributed by atoms with Crippen LogP contribution in [0.25, 0.3) is 0 Å². The van der Waals surface area contributed by atoms with Crippen LogP contribution in [-0.2, 0) is 26.2 Å². The number of fused-ring (bicyclic) bond motifs is 1. The minimum atomic E-state index is -3.95. The minimum absolute atomic E-state index is 0.0296. The predicted octanol–water partition coefficient (Wildman–Crippen LogP) is 4.11. The van der Waals surface area contributed by atoms with Crippen molar-refractivity contribution < 1.29 is 22.8 Å². The van der Waals surface area contributed by atoms with E-state index in [0.717, 1.165) is 4.31 Å². The normalized spacial score (nSPS) is 15.1. The van der Waals surface area contributed by atoms with Crippen molar-refractivity contribution in [3.05, 3.63) is 63.6 Å². The molecule has 1 aliphatic heterocycles. The third-order valence-electron chi connectivity index (χ3n) is 5.85. The highest BCUT2D eigenvalue weighted by atomic mass is 35.5. The van der Waals surface area contributed by atoms with Gasteiger partial charge in [0.05, 0.1) is 15.6 Å². The number of halogens is 2. The second-order valence-corrected chi connectivity index (χ2v) is 11.7. The lowest BCUT2D eigenvalue weighted by Crippen LogP contribution is -2.48. The summed E-state index contributed by atoms with van der Waals surface area (Å²) in [5.41, 5.74) is 0.814. The Morgan fingerprint density at radius 2 is 1.75 bits per heavy atom. The third-order valence-corrected chi connectivity index (χ3v) is 8.43. The van der Waals surface area contributed by atoms with Gasteiger partial charge in [0.15, 0.2) is 0 Å². The lowest BCUT2D eigenvalue weighted by atomic mass is 10.1. The van der Waals surface area contributed by atoms with E-state index < -0.39 is 22.0 Å². The zero-order valence-corrected chi connectivity index (χ0v) is 22.7. The monoisotopic (exact) mass is 553 g/mol. The molecule has 0 unspecified atom stereocenters. The third kappa shape index (κ3) is 6.19. The maximum Gasteiger partial charge on any atom is 0.269 e. The Labute approximate surface area is 221 Å². The molecule has 36 heavy (non-hydrogen) atoms. The topological polar surface area (TPSA) is 104 Å². The molecule has 0 radical (unpaired) electrons. The summed E-state index contributed by atoms with van der Waals surface area (Å²) in [4.78, 5) is 40.0. The van der Waals surface area contributed by atoms with Crippen LogP contribution < -0.4 is 5.32 Å². The molecule has 1 N–H and O–H groups in total. The first-order chi connectivity index (χ1) is 16.9. The Morgan fingerprint density at radius 1 is 1.06 bits per heavy atom. The van der Waals surface area contributed by atoms with Gasteiger partial charge in [-0.1, -0.05) is 55.2 Å². The zero-order chi connectivity index (χ0) is 26.6. The van der Waals surface area contributed by atoms with Gasteiger partial charge in [-0.15, -0.1) is 0 Å². The zero-order valence-electron chi connectivity index (χ0n) is 20.3. The van der Waals surface area contributed by atoms with Gasteiger partial charge in [-0.25, -0.2) is 12.7 Å². The SMILES string of the molecule is CC(C)CNC(=O)[C@@H](C)N(Cc1ccc(Cl)c(Cl)c1)C(=O)CCCN1C(=O)c2ccccc2S1(=O)=O. The molecule has 11 heteroatoms. The van der Waals surface area contributed by atoms with Crippen LogP contribution in [0, 0.1) is 5.92 Å². The van der Waals surface area contributed by atoms with Crippen LogP contribution in [-0.4, -0.2) is 54.5 Å². The molecular formula is C25H29Cl2N3O5S. The van der Waals surface area contributed by atoms with Crippen LogP contribution >= 0.6 is 23.2 Å². The first-order valence-corrected chi connectivity index (χ1v) is 13.8. The van der Waals surface area contributed by atoms with Crippen LogP contribution in [0.1, 0.15) is 49.5 Å². The Hall–Kier alpha value is -2.62. The summed E-state index contributed by atoms with van der Waals surface area (Å²) in [6.07, 6.45) is 0.0504. The molecule has 0 saturated carbocycles. The molecule has 0 fully saturated rings. The number of rotatable bonds is 10. The molecule has 3 rings (SSSR count). The van der Waals surface area contributed by atoms with Crippen molar-refractivity contribution in [1.82, 2.24) is 14.5 Å². The second kappa shape index (κ2) is 11.6. The molecule has 1 aliphatic rings. The first-order valence-electron chi connectivity index (χ1n) is 11.6. The smallest absolute Gasteiger partial charge is 0.269 e. The molecule has 3 amide bonds. The average molecular weight is 554 g/mol. The van der Waals surface area contributed by atoms with Gasteiger partial charge in [-0.05, 0) is 49.1 Å². The summed E-state index contributed by atoms with van der Waals surface area (Å²) in [6.45, 7) is 6.00.